The van der Waals surface area contributed by atoms with Crippen molar-refractivity contribution in [3.8, 4) is 11.3 Å². The number of amidine groups is 1. The van der Waals surface area contributed by atoms with Crippen LogP contribution in [0.2, 0.25) is 0 Å². The number of hydrogen-bond acceptors (Lipinski definition) is 3. The van der Waals surface area contributed by atoms with Crippen molar-refractivity contribution in [1.29, 1.82) is 0 Å². The zero-order valence-electron chi connectivity index (χ0n) is 11.7. The number of para-hydroxylation sites is 1. The van der Waals surface area contributed by atoms with E-state index >= 15 is 0 Å². The van der Waals surface area contributed by atoms with E-state index in [0.717, 1.165) is 16.9 Å². The molecule has 1 aromatic heterocycles. The van der Waals surface area contributed by atoms with Crippen molar-refractivity contribution < 1.29 is 4.79 Å². The van der Waals surface area contributed by atoms with Gasteiger partial charge in [-0.3, -0.25) is 9.89 Å². The van der Waals surface area contributed by atoms with Crippen LogP contribution in [0.1, 0.15) is 0 Å². The van der Waals surface area contributed by atoms with Crippen LogP contribution in [-0.2, 0) is 4.79 Å². The first kappa shape index (κ1) is 13.8. The number of aldehydes is 1. The van der Waals surface area contributed by atoms with Gasteiger partial charge in [0, 0.05) is 11.9 Å². The number of nitrogens with zero attached hydrogens (tertiary/aromatic N) is 2. The molecular weight excluding hydrogens is 276 g/mol. The average Bonchev–Trinajstić information content (AvgIpc) is 3.10. The first-order valence-electron chi connectivity index (χ1n) is 6.81. The minimum atomic E-state index is 0.264. The minimum Gasteiger partial charge on any atom is -0.337 e. The molecule has 0 radical (unpaired) electrons. The highest BCUT2D eigenvalue weighted by molar-refractivity contribution is 6.33. The molecule has 0 amide bonds. The Labute approximate surface area is 127 Å². The zero-order chi connectivity index (χ0) is 15.2. The molecule has 0 spiro atoms. The molecule has 22 heavy (non-hydrogen) atoms. The first-order valence-corrected chi connectivity index (χ1v) is 6.81. The molecule has 108 valence electrons. The molecule has 5 nitrogen and oxygen atoms in total. The summed E-state index contributed by atoms with van der Waals surface area (Å²) in [5, 5.41) is 9.81. The van der Waals surface area contributed by atoms with Crippen LogP contribution in [0.4, 0.5) is 11.4 Å². The van der Waals surface area contributed by atoms with Crippen molar-refractivity contribution in [3.05, 3.63) is 66.9 Å². The molecule has 0 saturated carbocycles. The number of carbonyl (C=O) groups excluding carboxylic acids is 1. The predicted molar refractivity (Wildman–Crippen MR) is 87.2 cm³/mol. The predicted octanol–water partition coefficient (Wildman–Crippen LogP) is 3.42. The summed E-state index contributed by atoms with van der Waals surface area (Å²) >= 11 is 0. The maximum atomic E-state index is 11.2. The van der Waals surface area contributed by atoms with Gasteiger partial charge in [0.15, 0.2) is 12.1 Å². The largest absolute Gasteiger partial charge is 0.337 e. The summed E-state index contributed by atoms with van der Waals surface area (Å²) in [4.78, 5) is 15.5. The third kappa shape index (κ3) is 3.27. The number of nitrogens with one attached hydrogen (secondary N) is 2. The summed E-state index contributed by atoms with van der Waals surface area (Å²) in [6.45, 7) is 0. The normalized spacial score (nSPS) is 11.2. The summed E-state index contributed by atoms with van der Waals surface area (Å²) in [5.41, 5.74) is 3.48. The van der Waals surface area contributed by atoms with E-state index in [9.17, 15) is 4.79 Å². The molecule has 2 aromatic carbocycles. The highest BCUT2D eigenvalue weighted by Crippen LogP contribution is 2.20. The smallest absolute Gasteiger partial charge is 0.185 e. The fraction of sp³-hybridized carbons (Fsp3) is 0. The third-order valence-corrected chi connectivity index (χ3v) is 3.09. The maximum Gasteiger partial charge on any atom is 0.185 e. The van der Waals surface area contributed by atoms with Crippen molar-refractivity contribution in [1.82, 2.24) is 10.2 Å². The Kier molecular flexibility index (Phi) is 4.06. The number of carbonyl (C=O) groups is 1. The number of aliphatic imine (C=N–C) groups is 1. The van der Waals surface area contributed by atoms with Crippen molar-refractivity contribution >= 4 is 23.5 Å². The highest BCUT2D eigenvalue weighted by Gasteiger charge is 2.01. The second-order valence-electron chi connectivity index (χ2n) is 4.62. The van der Waals surface area contributed by atoms with Crippen LogP contribution < -0.4 is 5.32 Å². The average molecular weight is 290 g/mol. The van der Waals surface area contributed by atoms with Crippen molar-refractivity contribution in [3.63, 3.8) is 0 Å². The van der Waals surface area contributed by atoms with E-state index < -0.39 is 0 Å². The summed E-state index contributed by atoms with van der Waals surface area (Å²) in [6, 6.07) is 18.9. The van der Waals surface area contributed by atoms with Gasteiger partial charge in [0.1, 0.15) is 0 Å². The minimum absolute atomic E-state index is 0.264. The summed E-state index contributed by atoms with van der Waals surface area (Å²) in [7, 11) is 0. The Morgan fingerprint density at radius 1 is 1.05 bits per heavy atom. The second kappa shape index (κ2) is 6.49. The van der Waals surface area contributed by atoms with Gasteiger partial charge >= 0.3 is 0 Å². The van der Waals surface area contributed by atoms with Gasteiger partial charge in [0.2, 0.25) is 0 Å². The summed E-state index contributed by atoms with van der Waals surface area (Å²) in [5.74, 6) is 0.264. The van der Waals surface area contributed by atoms with E-state index in [4.69, 9.17) is 0 Å². The number of rotatable bonds is 4. The zero-order valence-corrected chi connectivity index (χ0v) is 11.7. The van der Waals surface area contributed by atoms with Gasteiger partial charge in [0.05, 0.1) is 11.4 Å². The molecule has 0 fully saturated rings. The van der Waals surface area contributed by atoms with Crippen LogP contribution >= 0.6 is 0 Å². The van der Waals surface area contributed by atoms with Gasteiger partial charge in [0.25, 0.3) is 0 Å². The lowest BCUT2D eigenvalue weighted by molar-refractivity contribution is -0.102. The van der Waals surface area contributed by atoms with E-state index in [1.807, 2.05) is 60.7 Å². The van der Waals surface area contributed by atoms with E-state index in [0.29, 0.717) is 12.0 Å². The summed E-state index contributed by atoms with van der Waals surface area (Å²) < 4.78 is 0. The fourth-order valence-electron chi connectivity index (χ4n) is 2.02. The summed E-state index contributed by atoms with van der Waals surface area (Å²) in [6.07, 6.45) is 2.41. The molecule has 3 aromatic rings. The fourth-order valence-corrected chi connectivity index (χ4v) is 2.02. The maximum absolute atomic E-state index is 11.2. The Hall–Kier alpha value is -3.21. The lowest BCUT2D eigenvalue weighted by atomic mass is 10.1. The van der Waals surface area contributed by atoms with Crippen molar-refractivity contribution in [2.45, 2.75) is 0 Å². The molecule has 3 rings (SSSR count). The standard InChI is InChI=1S/C17H14N4O/c22-12-17(19-14-4-2-1-3-5-14)20-15-8-6-13(7-9-15)16-10-11-18-21-16/h1-12H,(H,18,21)(H,19,20). The van der Waals surface area contributed by atoms with Gasteiger partial charge in [-0.1, -0.05) is 30.3 Å². The van der Waals surface area contributed by atoms with E-state index in [1.54, 1.807) is 6.20 Å². The first-order chi connectivity index (χ1) is 10.8. The molecule has 1 heterocycles. The van der Waals surface area contributed by atoms with Crippen LogP contribution in [0.25, 0.3) is 11.3 Å². The number of H-pyrrole nitrogens is 1. The van der Waals surface area contributed by atoms with Crippen LogP contribution in [0.3, 0.4) is 0 Å². The molecule has 0 aliphatic carbocycles. The number of hydrogen-bond donors (Lipinski definition) is 2. The SMILES string of the molecule is O=CC(=Nc1ccc(-c2ccn[nH]2)cc1)Nc1ccccc1. The van der Waals surface area contributed by atoms with Crippen molar-refractivity contribution in [2.75, 3.05) is 5.32 Å². The monoisotopic (exact) mass is 290 g/mol. The van der Waals surface area contributed by atoms with Crippen LogP contribution in [0.5, 0.6) is 0 Å². The topological polar surface area (TPSA) is 70.1 Å². The Balaban J connectivity index is 1.79. The van der Waals surface area contributed by atoms with E-state index in [2.05, 4.69) is 20.5 Å². The Morgan fingerprint density at radius 3 is 2.45 bits per heavy atom. The molecule has 0 saturated heterocycles. The number of benzene rings is 2. The van der Waals surface area contributed by atoms with Gasteiger partial charge in [-0.2, -0.15) is 5.10 Å². The van der Waals surface area contributed by atoms with Crippen LogP contribution in [0, 0.1) is 0 Å². The number of aromatic amines is 1. The van der Waals surface area contributed by atoms with E-state index in [1.165, 1.54) is 0 Å². The lowest BCUT2D eigenvalue weighted by Crippen LogP contribution is -2.12. The highest BCUT2D eigenvalue weighted by atomic mass is 16.1. The third-order valence-electron chi connectivity index (χ3n) is 3.09. The number of anilines is 1. The Bertz CT molecular complexity index is 762. The van der Waals surface area contributed by atoms with Gasteiger partial charge in [-0.15, -0.1) is 0 Å². The second-order valence-corrected chi connectivity index (χ2v) is 4.62. The van der Waals surface area contributed by atoms with Gasteiger partial charge in [-0.25, -0.2) is 4.99 Å². The van der Waals surface area contributed by atoms with Crippen molar-refractivity contribution in [2.24, 2.45) is 4.99 Å². The molecule has 2 N–H and O–H groups in total. The van der Waals surface area contributed by atoms with Crippen LogP contribution in [0.15, 0.2) is 71.9 Å². The molecule has 5 heteroatoms. The lowest BCUT2D eigenvalue weighted by Gasteiger charge is -2.04. The number of aromatic nitrogens is 2. The molecule has 0 aliphatic heterocycles. The molecule has 0 aliphatic rings. The van der Waals surface area contributed by atoms with Gasteiger partial charge in [-0.05, 0) is 35.9 Å². The Morgan fingerprint density at radius 2 is 1.82 bits per heavy atom. The molecule has 0 unspecified atom stereocenters. The quantitative estimate of drug-likeness (QED) is 0.439. The molecule has 0 bridgehead atoms. The molecule has 0 atom stereocenters. The van der Waals surface area contributed by atoms with E-state index in [-0.39, 0.29) is 5.84 Å². The van der Waals surface area contributed by atoms with Gasteiger partial charge < -0.3 is 5.32 Å². The van der Waals surface area contributed by atoms with Crippen LogP contribution in [-0.4, -0.2) is 22.3 Å². The molecular formula is C17H14N4O.